The molecule has 0 aromatic heterocycles. The zero-order chi connectivity index (χ0) is 10.8. The van der Waals surface area contributed by atoms with Crippen molar-refractivity contribution in [1.29, 1.82) is 0 Å². The fourth-order valence-corrected chi connectivity index (χ4v) is 1.75. The minimum absolute atomic E-state index is 0.0630. The van der Waals surface area contributed by atoms with E-state index in [1.807, 2.05) is 24.3 Å². The van der Waals surface area contributed by atoms with Crippen LogP contribution in [0, 0.1) is 12.3 Å². The second kappa shape index (κ2) is 3.76. The minimum atomic E-state index is -0.0630. The van der Waals surface area contributed by atoms with Crippen LogP contribution in [0.3, 0.4) is 0 Å². The molecule has 1 aliphatic heterocycles. The Bertz CT molecular complexity index is 433. The highest BCUT2D eigenvalue weighted by molar-refractivity contribution is 5.96. The first-order chi connectivity index (χ1) is 7.20. The molecule has 1 saturated heterocycles. The zero-order valence-corrected chi connectivity index (χ0v) is 8.31. The Morgan fingerprint density at radius 3 is 2.93 bits per heavy atom. The molecule has 3 nitrogen and oxygen atoms in total. The summed E-state index contributed by atoms with van der Waals surface area (Å²) in [5, 5.41) is 0. The third-order valence-corrected chi connectivity index (χ3v) is 2.48. The van der Waals surface area contributed by atoms with Crippen LogP contribution in [-0.4, -0.2) is 18.5 Å². The van der Waals surface area contributed by atoms with E-state index in [0.717, 1.165) is 11.3 Å². The van der Waals surface area contributed by atoms with E-state index >= 15 is 0 Å². The maximum Gasteiger partial charge on any atom is 0.228 e. The highest BCUT2D eigenvalue weighted by Crippen LogP contribution is 2.21. The standard InChI is InChI=1S/C12H12N2O/c1-2-9-4-3-5-11(6-9)14-8-10(13)7-12(14)15/h1,3-6,10H,7-8,13H2. The Morgan fingerprint density at radius 2 is 2.33 bits per heavy atom. The molecule has 0 bridgehead atoms. The Hall–Kier alpha value is -1.79. The second-order valence-electron chi connectivity index (χ2n) is 3.66. The number of anilines is 1. The number of carbonyl (C=O) groups excluding carboxylic acids is 1. The van der Waals surface area contributed by atoms with Crippen molar-refractivity contribution in [2.75, 3.05) is 11.4 Å². The lowest BCUT2D eigenvalue weighted by Crippen LogP contribution is -2.27. The third kappa shape index (κ3) is 1.85. The second-order valence-corrected chi connectivity index (χ2v) is 3.66. The summed E-state index contributed by atoms with van der Waals surface area (Å²) in [7, 11) is 0. The molecular weight excluding hydrogens is 188 g/mol. The molecule has 0 aliphatic carbocycles. The van der Waals surface area contributed by atoms with Crippen LogP contribution in [0.2, 0.25) is 0 Å². The summed E-state index contributed by atoms with van der Waals surface area (Å²) in [6.07, 6.45) is 5.72. The molecule has 1 aliphatic rings. The quantitative estimate of drug-likeness (QED) is 0.679. The molecule has 1 unspecified atom stereocenters. The highest BCUT2D eigenvalue weighted by Gasteiger charge is 2.27. The minimum Gasteiger partial charge on any atom is -0.326 e. The van der Waals surface area contributed by atoms with Gasteiger partial charge in [0.15, 0.2) is 0 Å². The van der Waals surface area contributed by atoms with E-state index in [9.17, 15) is 4.79 Å². The van der Waals surface area contributed by atoms with E-state index in [1.165, 1.54) is 0 Å². The summed E-state index contributed by atoms with van der Waals surface area (Å²) in [5.74, 6) is 2.61. The van der Waals surface area contributed by atoms with E-state index in [1.54, 1.807) is 4.90 Å². The molecule has 0 radical (unpaired) electrons. The van der Waals surface area contributed by atoms with Gasteiger partial charge in [0.2, 0.25) is 5.91 Å². The molecule has 76 valence electrons. The van der Waals surface area contributed by atoms with Crippen LogP contribution < -0.4 is 10.6 Å². The van der Waals surface area contributed by atoms with E-state index in [4.69, 9.17) is 12.2 Å². The summed E-state index contributed by atoms with van der Waals surface area (Å²) >= 11 is 0. The topological polar surface area (TPSA) is 46.3 Å². The number of amides is 1. The van der Waals surface area contributed by atoms with Gasteiger partial charge in [-0.2, -0.15) is 0 Å². The van der Waals surface area contributed by atoms with Gasteiger partial charge in [-0.3, -0.25) is 4.79 Å². The first kappa shape index (κ1) is 9.75. The van der Waals surface area contributed by atoms with Crippen LogP contribution in [0.4, 0.5) is 5.69 Å². The first-order valence-electron chi connectivity index (χ1n) is 4.83. The lowest BCUT2D eigenvalue weighted by Gasteiger charge is -2.16. The largest absolute Gasteiger partial charge is 0.326 e. The maximum absolute atomic E-state index is 11.6. The van der Waals surface area contributed by atoms with Gasteiger partial charge in [0, 0.05) is 30.3 Å². The zero-order valence-electron chi connectivity index (χ0n) is 8.31. The molecule has 1 heterocycles. The highest BCUT2D eigenvalue weighted by atomic mass is 16.2. The fourth-order valence-electron chi connectivity index (χ4n) is 1.75. The summed E-state index contributed by atoms with van der Waals surface area (Å²) in [6.45, 7) is 0.576. The molecule has 15 heavy (non-hydrogen) atoms. The maximum atomic E-state index is 11.6. The summed E-state index contributed by atoms with van der Waals surface area (Å²) in [4.78, 5) is 13.3. The molecule has 1 aromatic carbocycles. The molecule has 2 N–H and O–H groups in total. The van der Waals surface area contributed by atoms with Gasteiger partial charge in [-0.25, -0.2) is 0 Å². The Morgan fingerprint density at radius 1 is 1.53 bits per heavy atom. The van der Waals surface area contributed by atoms with Gasteiger partial charge in [0.05, 0.1) is 0 Å². The first-order valence-corrected chi connectivity index (χ1v) is 4.83. The van der Waals surface area contributed by atoms with Gasteiger partial charge in [0.25, 0.3) is 0 Å². The summed E-state index contributed by atoms with van der Waals surface area (Å²) in [6, 6.07) is 7.32. The van der Waals surface area contributed by atoms with Crippen molar-refractivity contribution in [1.82, 2.24) is 0 Å². The van der Waals surface area contributed by atoms with Crippen molar-refractivity contribution in [3.8, 4) is 12.3 Å². The van der Waals surface area contributed by atoms with Gasteiger partial charge in [-0.1, -0.05) is 12.0 Å². The van der Waals surface area contributed by atoms with Crippen molar-refractivity contribution < 1.29 is 4.79 Å². The van der Waals surface area contributed by atoms with E-state index in [-0.39, 0.29) is 11.9 Å². The molecule has 1 aromatic rings. The molecule has 0 saturated carbocycles. The number of terminal acetylenes is 1. The number of benzene rings is 1. The predicted octanol–water partition coefficient (Wildman–Crippen LogP) is 0.732. The van der Waals surface area contributed by atoms with Crippen LogP contribution in [0.15, 0.2) is 24.3 Å². The molecule has 0 spiro atoms. The van der Waals surface area contributed by atoms with Gasteiger partial charge in [-0.15, -0.1) is 6.42 Å². The Labute approximate surface area is 88.9 Å². The molecule has 1 atom stereocenters. The lowest BCUT2D eigenvalue weighted by atomic mass is 10.2. The van der Waals surface area contributed by atoms with Crippen LogP contribution in [0.5, 0.6) is 0 Å². The molecule has 1 amide bonds. The Balaban J connectivity index is 2.30. The van der Waals surface area contributed by atoms with Gasteiger partial charge < -0.3 is 10.6 Å². The third-order valence-electron chi connectivity index (χ3n) is 2.48. The van der Waals surface area contributed by atoms with Crippen molar-refractivity contribution >= 4 is 11.6 Å². The normalized spacial score (nSPS) is 20.4. The number of hydrogen-bond acceptors (Lipinski definition) is 2. The van der Waals surface area contributed by atoms with Gasteiger partial charge in [0.1, 0.15) is 0 Å². The van der Waals surface area contributed by atoms with Gasteiger partial charge in [-0.05, 0) is 18.2 Å². The number of nitrogens with two attached hydrogens (primary N) is 1. The van der Waals surface area contributed by atoms with Crippen molar-refractivity contribution in [2.24, 2.45) is 5.73 Å². The predicted molar refractivity (Wildman–Crippen MR) is 59.3 cm³/mol. The fraction of sp³-hybridized carbons (Fsp3) is 0.250. The average molecular weight is 200 g/mol. The van der Waals surface area contributed by atoms with Crippen molar-refractivity contribution in [2.45, 2.75) is 12.5 Å². The molecule has 3 heteroatoms. The van der Waals surface area contributed by atoms with Gasteiger partial charge >= 0.3 is 0 Å². The lowest BCUT2D eigenvalue weighted by molar-refractivity contribution is -0.117. The summed E-state index contributed by atoms with van der Waals surface area (Å²) in [5.41, 5.74) is 7.34. The van der Waals surface area contributed by atoms with Crippen LogP contribution in [-0.2, 0) is 4.79 Å². The Kier molecular flexibility index (Phi) is 2.44. The monoisotopic (exact) mass is 200 g/mol. The number of carbonyl (C=O) groups is 1. The van der Waals surface area contributed by atoms with E-state index < -0.39 is 0 Å². The average Bonchev–Trinajstić information content (AvgIpc) is 2.58. The molecule has 2 rings (SSSR count). The number of rotatable bonds is 1. The summed E-state index contributed by atoms with van der Waals surface area (Å²) < 4.78 is 0. The molecule has 1 fully saturated rings. The van der Waals surface area contributed by atoms with Crippen LogP contribution in [0.1, 0.15) is 12.0 Å². The number of hydrogen-bond donors (Lipinski definition) is 1. The smallest absolute Gasteiger partial charge is 0.228 e. The van der Waals surface area contributed by atoms with Crippen molar-refractivity contribution in [3.63, 3.8) is 0 Å². The van der Waals surface area contributed by atoms with Crippen LogP contribution in [0.25, 0.3) is 0 Å². The SMILES string of the molecule is C#Cc1cccc(N2CC(N)CC2=O)c1. The van der Waals surface area contributed by atoms with E-state index in [0.29, 0.717) is 13.0 Å². The van der Waals surface area contributed by atoms with Crippen LogP contribution >= 0.6 is 0 Å². The van der Waals surface area contributed by atoms with E-state index in [2.05, 4.69) is 5.92 Å². The van der Waals surface area contributed by atoms with Crippen molar-refractivity contribution in [3.05, 3.63) is 29.8 Å². The number of nitrogens with zero attached hydrogens (tertiary/aromatic N) is 1. The molecular formula is C12H12N2O.